The SMILES string of the molecule is Cn1ccnc1CCNCc1ccc(I)o1. The minimum Gasteiger partial charge on any atom is -0.454 e. The number of nitrogens with one attached hydrogen (secondary N) is 1. The highest BCUT2D eigenvalue weighted by Crippen LogP contribution is 2.09. The molecule has 2 aromatic rings. The van der Waals surface area contributed by atoms with Crippen molar-refractivity contribution in [2.45, 2.75) is 13.0 Å². The average molecular weight is 331 g/mol. The van der Waals surface area contributed by atoms with Gasteiger partial charge in [0.1, 0.15) is 11.6 Å². The molecular weight excluding hydrogens is 317 g/mol. The molecule has 2 rings (SSSR count). The second-order valence-corrected chi connectivity index (χ2v) is 4.65. The second-order valence-electron chi connectivity index (χ2n) is 3.59. The number of imidazole rings is 1. The first-order valence-electron chi connectivity index (χ1n) is 5.17. The van der Waals surface area contributed by atoms with E-state index in [0.29, 0.717) is 0 Å². The van der Waals surface area contributed by atoms with Gasteiger partial charge in [-0.1, -0.05) is 0 Å². The molecule has 0 radical (unpaired) electrons. The summed E-state index contributed by atoms with van der Waals surface area (Å²) in [6.45, 7) is 1.68. The van der Waals surface area contributed by atoms with E-state index in [1.165, 1.54) is 0 Å². The van der Waals surface area contributed by atoms with Gasteiger partial charge in [0.05, 0.1) is 6.54 Å². The van der Waals surface area contributed by atoms with Gasteiger partial charge in [0, 0.05) is 32.4 Å². The van der Waals surface area contributed by atoms with Gasteiger partial charge in [0.15, 0.2) is 3.77 Å². The summed E-state index contributed by atoms with van der Waals surface area (Å²) in [7, 11) is 2.01. The summed E-state index contributed by atoms with van der Waals surface area (Å²) >= 11 is 2.17. The van der Waals surface area contributed by atoms with Gasteiger partial charge in [-0.05, 0) is 34.7 Å². The average Bonchev–Trinajstić information content (AvgIpc) is 2.83. The van der Waals surface area contributed by atoms with Crippen LogP contribution in [0.1, 0.15) is 11.6 Å². The molecule has 0 aromatic carbocycles. The molecule has 0 unspecified atom stereocenters. The topological polar surface area (TPSA) is 43.0 Å². The maximum Gasteiger partial charge on any atom is 0.164 e. The number of aryl methyl sites for hydroxylation is 1. The molecule has 5 heteroatoms. The van der Waals surface area contributed by atoms with Crippen LogP contribution in [0.4, 0.5) is 0 Å². The highest BCUT2D eigenvalue weighted by Gasteiger charge is 2.00. The number of aromatic nitrogens is 2. The van der Waals surface area contributed by atoms with Crippen molar-refractivity contribution in [3.05, 3.63) is 39.9 Å². The van der Waals surface area contributed by atoms with E-state index in [1.54, 1.807) is 0 Å². The molecule has 0 aliphatic carbocycles. The fourth-order valence-electron chi connectivity index (χ4n) is 1.50. The molecule has 2 aromatic heterocycles. The first kappa shape index (κ1) is 11.7. The van der Waals surface area contributed by atoms with Crippen LogP contribution in [0.2, 0.25) is 0 Å². The van der Waals surface area contributed by atoms with Crippen molar-refractivity contribution in [3.8, 4) is 0 Å². The lowest BCUT2D eigenvalue weighted by Crippen LogP contribution is -2.17. The lowest BCUT2D eigenvalue weighted by molar-refractivity contribution is 0.463. The number of hydrogen-bond acceptors (Lipinski definition) is 3. The lowest BCUT2D eigenvalue weighted by Gasteiger charge is -2.03. The van der Waals surface area contributed by atoms with Crippen LogP contribution in [-0.2, 0) is 20.0 Å². The fraction of sp³-hybridized carbons (Fsp3) is 0.364. The van der Waals surface area contributed by atoms with E-state index in [2.05, 4.69) is 32.9 Å². The molecular formula is C11H14IN3O. The van der Waals surface area contributed by atoms with E-state index < -0.39 is 0 Å². The number of halogens is 1. The van der Waals surface area contributed by atoms with Crippen LogP contribution in [0.25, 0.3) is 0 Å². The minimum atomic E-state index is 0.771. The summed E-state index contributed by atoms with van der Waals surface area (Å²) in [4.78, 5) is 4.26. The van der Waals surface area contributed by atoms with Crippen LogP contribution in [0.15, 0.2) is 28.9 Å². The van der Waals surface area contributed by atoms with Gasteiger partial charge < -0.3 is 14.3 Å². The van der Waals surface area contributed by atoms with Crippen LogP contribution in [-0.4, -0.2) is 16.1 Å². The summed E-state index contributed by atoms with van der Waals surface area (Å²) in [5.41, 5.74) is 0. The predicted octanol–water partition coefficient (Wildman–Crippen LogP) is 1.95. The molecule has 86 valence electrons. The first-order valence-corrected chi connectivity index (χ1v) is 6.25. The molecule has 0 bridgehead atoms. The molecule has 0 aliphatic rings. The lowest BCUT2D eigenvalue weighted by atomic mass is 10.4. The Balaban J connectivity index is 1.71. The predicted molar refractivity (Wildman–Crippen MR) is 70.0 cm³/mol. The quantitative estimate of drug-likeness (QED) is 0.673. The van der Waals surface area contributed by atoms with Crippen LogP contribution < -0.4 is 5.32 Å². The van der Waals surface area contributed by atoms with E-state index in [4.69, 9.17) is 4.42 Å². The van der Waals surface area contributed by atoms with E-state index in [1.807, 2.05) is 36.1 Å². The highest BCUT2D eigenvalue weighted by molar-refractivity contribution is 14.1. The summed E-state index contributed by atoms with van der Waals surface area (Å²) in [5.74, 6) is 2.07. The Hall–Kier alpha value is -0.820. The maximum absolute atomic E-state index is 5.45. The second kappa shape index (κ2) is 5.49. The number of rotatable bonds is 5. The van der Waals surface area contributed by atoms with Crippen molar-refractivity contribution >= 4 is 22.6 Å². The monoisotopic (exact) mass is 331 g/mol. The van der Waals surface area contributed by atoms with Gasteiger partial charge in [-0.3, -0.25) is 0 Å². The molecule has 16 heavy (non-hydrogen) atoms. The Bertz CT molecular complexity index is 450. The van der Waals surface area contributed by atoms with Gasteiger partial charge in [-0.2, -0.15) is 0 Å². The third-order valence-electron chi connectivity index (χ3n) is 2.37. The first-order chi connectivity index (χ1) is 7.75. The van der Waals surface area contributed by atoms with Crippen molar-refractivity contribution in [2.75, 3.05) is 6.54 Å². The zero-order chi connectivity index (χ0) is 11.4. The minimum absolute atomic E-state index is 0.771. The van der Waals surface area contributed by atoms with Gasteiger partial charge in [0.25, 0.3) is 0 Å². The molecule has 0 spiro atoms. The van der Waals surface area contributed by atoms with Gasteiger partial charge in [-0.25, -0.2) is 4.98 Å². The van der Waals surface area contributed by atoms with Crippen LogP contribution in [0, 0.1) is 3.77 Å². The number of nitrogens with zero attached hydrogens (tertiary/aromatic N) is 2. The van der Waals surface area contributed by atoms with Crippen LogP contribution in [0.3, 0.4) is 0 Å². The van der Waals surface area contributed by atoms with Gasteiger partial charge in [-0.15, -0.1) is 0 Å². The van der Waals surface area contributed by atoms with Gasteiger partial charge >= 0.3 is 0 Å². The Morgan fingerprint density at radius 2 is 2.38 bits per heavy atom. The summed E-state index contributed by atoms with van der Waals surface area (Å²) < 4.78 is 8.42. The summed E-state index contributed by atoms with van der Waals surface area (Å²) in [6, 6.07) is 3.96. The molecule has 0 amide bonds. The third-order valence-corrected chi connectivity index (χ3v) is 2.95. The smallest absolute Gasteiger partial charge is 0.164 e. The fourth-order valence-corrected chi connectivity index (χ4v) is 1.96. The van der Waals surface area contributed by atoms with Crippen molar-refractivity contribution in [2.24, 2.45) is 7.05 Å². The molecule has 0 saturated heterocycles. The molecule has 0 saturated carbocycles. The number of hydrogen-bond donors (Lipinski definition) is 1. The largest absolute Gasteiger partial charge is 0.454 e. The zero-order valence-corrected chi connectivity index (χ0v) is 11.3. The number of furan rings is 1. The zero-order valence-electron chi connectivity index (χ0n) is 9.11. The molecule has 0 fully saturated rings. The Kier molecular flexibility index (Phi) is 4.00. The van der Waals surface area contributed by atoms with Gasteiger partial charge in [0.2, 0.25) is 0 Å². The maximum atomic E-state index is 5.45. The summed E-state index contributed by atoms with van der Waals surface area (Å²) in [5, 5.41) is 3.33. The molecule has 1 N–H and O–H groups in total. The molecule has 0 atom stereocenters. The van der Waals surface area contributed by atoms with Crippen LogP contribution in [0.5, 0.6) is 0 Å². The van der Waals surface area contributed by atoms with E-state index in [9.17, 15) is 0 Å². The standard InChI is InChI=1S/C11H14IN3O/c1-15-7-6-14-11(15)4-5-13-8-9-2-3-10(12)16-9/h2-3,6-7,13H,4-5,8H2,1H3. The molecule has 0 aliphatic heterocycles. The summed E-state index contributed by atoms with van der Waals surface area (Å²) in [6.07, 6.45) is 4.72. The third kappa shape index (κ3) is 3.08. The molecule has 2 heterocycles. The molecule has 4 nitrogen and oxygen atoms in total. The Morgan fingerprint density at radius 1 is 1.50 bits per heavy atom. The van der Waals surface area contributed by atoms with E-state index >= 15 is 0 Å². The van der Waals surface area contributed by atoms with Crippen molar-refractivity contribution < 1.29 is 4.42 Å². The van der Waals surface area contributed by atoms with Crippen LogP contribution >= 0.6 is 22.6 Å². The van der Waals surface area contributed by atoms with E-state index in [0.717, 1.165) is 34.9 Å². The van der Waals surface area contributed by atoms with Crippen molar-refractivity contribution in [3.63, 3.8) is 0 Å². The van der Waals surface area contributed by atoms with E-state index in [-0.39, 0.29) is 0 Å². The van der Waals surface area contributed by atoms with Crippen molar-refractivity contribution in [1.82, 2.24) is 14.9 Å². The highest BCUT2D eigenvalue weighted by atomic mass is 127. The Morgan fingerprint density at radius 3 is 3.00 bits per heavy atom. The van der Waals surface area contributed by atoms with Crippen molar-refractivity contribution in [1.29, 1.82) is 0 Å². The Labute approximate surface area is 108 Å². The normalized spacial score (nSPS) is 10.9.